The van der Waals surface area contributed by atoms with Gasteiger partial charge in [-0.1, -0.05) is 57.7 Å². The van der Waals surface area contributed by atoms with Gasteiger partial charge in [0.05, 0.1) is 22.2 Å². The number of benzene rings is 2. The summed E-state index contributed by atoms with van der Waals surface area (Å²) in [6.07, 6.45) is 8.07. The van der Waals surface area contributed by atoms with E-state index in [0.717, 1.165) is 55.2 Å². The SMILES string of the molecule is CCCCC1(CCCC)CN(c2ccccc2)c2cc(SC)c(O/C(C)=C/C(=O)O)cc2S(=O)(=O)N1. The number of nitrogens with one attached hydrogen (secondary N) is 1. The molecule has 0 aliphatic carbocycles. The highest BCUT2D eigenvalue weighted by Crippen LogP contribution is 2.44. The molecule has 0 saturated carbocycles. The Labute approximate surface area is 219 Å². The first-order chi connectivity index (χ1) is 17.1. The molecule has 3 rings (SSSR count). The van der Waals surface area contributed by atoms with Crippen LogP contribution in [0.5, 0.6) is 5.75 Å². The minimum atomic E-state index is -3.91. The van der Waals surface area contributed by atoms with Crippen LogP contribution >= 0.6 is 11.8 Å². The summed E-state index contributed by atoms with van der Waals surface area (Å²) in [7, 11) is -3.91. The molecule has 0 atom stereocenters. The van der Waals surface area contributed by atoms with Gasteiger partial charge in [0.2, 0.25) is 10.0 Å². The maximum absolute atomic E-state index is 13.9. The molecule has 0 radical (unpaired) electrons. The Kier molecular flexibility index (Phi) is 9.49. The average Bonchev–Trinajstić information content (AvgIpc) is 2.93. The van der Waals surface area contributed by atoms with E-state index in [2.05, 4.69) is 23.5 Å². The molecule has 0 bridgehead atoms. The van der Waals surface area contributed by atoms with E-state index in [1.807, 2.05) is 42.7 Å². The molecule has 9 heteroatoms. The highest BCUT2D eigenvalue weighted by molar-refractivity contribution is 7.98. The first kappa shape index (κ1) is 28.1. The molecule has 2 aromatic carbocycles. The molecule has 1 aliphatic heterocycles. The van der Waals surface area contributed by atoms with E-state index in [1.165, 1.54) is 24.8 Å². The van der Waals surface area contributed by atoms with Crippen LogP contribution in [0.3, 0.4) is 0 Å². The van der Waals surface area contributed by atoms with Crippen molar-refractivity contribution < 1.29 is 23.1 Å². The van der Waals surface area contributed by atoms with Crippen molar-refractivity contribution in [1.29, 1.82) is 0 Å². The minimum Gasteiger partial charge on any atom is -0.478 e. The van der Waals surface area contributed by atoms with Gasteiger partial charge in [-0.15, -0.1) is 11.8 Å². The summed E-state index contributed by atoms with van der Waals surface area (Å²) in [6.45, 7) is 6.27. The fraction of sp³-hybridized carbons (Fsp3) is 0.444. The molecule has 0 saturated heterocycles. The number of aliphatic carboxylic acids is 1. The van der Waals surface area contributed by atoms with Gasteiger partial charge in [0.15, 0.2) is 0 Å². The Bertz CT molecular complexity index is 1190. The molecule has 36 heavy (non-hydrogen) atoms. The Hall–Kier alpha value is -2.49. The van der Waals surface area contributed by atoms with Crippen molar-refractivity contribution in [3.63, 3.8) is 0 Å². The van der Waals surface area contributed by atoms with Crippen LogP contribution in [0.4, 0.5) is 11.4 Å². The zero-order valence-corrected chi connectivity index (χ0v) is 23.0. The normalized spacial score (nSPS) is 16.8. The molecule has 7 nitrogen and oxygen atoms in total. The summed E-state index contributed by atoms with van der Waals surface area (Å²) in [4.78, 5) is 14.0. The van der Waals surface area contributed by atoms with Crippen molar-refractivity contribution in [2.45, 2.75) is 74.6 Å². The number of ether oxygens (including phenoxy) is 1. The molecule has 0 aromatic heterocycles. The molecule has 0 spiro atoms. The second-order valence-corrected chi connectivity index (χ2v) is 11.7. The van der Waals surface area contributed by atoms with Gasteiger partial charge in [0.1, 0.15) is 16.4 Å². The lowest BCUT2D eigenvalue weighted by Crippen LogP contribution is -2.53. The van der Waals surface area contributed by atoms with Crippen molar-refractivity contribution in [2.24, 2.45) is 0 Å². The summed E-state index contributed by atoms with van der Waals surface area (Å²) in [5, 5.41) is 9.09. The molecule has 0 fully saturated rings. The monoisotopic (exact) mass is 532 g/mol. The second kappa shape index (κ2) is 12.2. The summed E-state index contributed by atoms with van der Waals surface area (Å²) in [5.41, 5.74) is 0.872. The largest absolute Gasteiger partial charge is 0.478 e. The van der Waals surface area contributed by atoms with Crippen LogP contribution in [0, 0.1) is 0 Å². The number of carboxylic acid groups (broad SMARTS) is 1. The number of anilines is 2. The van der Waals surface area contributed by atoms with Crippen LogP contribution in [0.1, 0.15) is 59.3 Å². The van der Waals surface area contributed by atoms with Crippen LogP contribution in [0.2, 0.25) is 0 Å². The predicted molar refractivity (Wildman–Crippen MR) is 146 cm³/mol. The molecular formula is C27H36N2O5S2. The van der Waals surface area contributed by atoms with Gasteiger partial charge < -0.3 is 14.7 Å². The lowest BCUT2D eigenvalue weighted by Gasteiger charge is -2.37. The van der Waals surface area contributed by atoms with Gasteiger partial charge in [-0.05, 0) is 44.2 Å². The van der Waals surface area contributed by atoms with E-state index in [0.29, 0.717) is 18.0 Å². The third-order valence-electron chi connectivity index (χ3n) is 6.32. The van der Waals surface area contributed by atoms with Crippen LogP contribution < -0.4 is 14.4 Å². The van der Waals surface area contributed by atoms with E-state index in [1.54, 1.807) is 0 Å². The van der Waals surface area contributed by atoms with Crippen LogP contribution in [0.15, 0.2) is 64.1 Å². The number of thioether (sulfide) groups is 1. The Balaban J connectivity index is 2.25. The summed E-state index contributed by atoms with van der Waals surface area (Å²) in [5.74, 6) is -0.657. The number of para-hydroxylation sites is 1. The van der Waals surface area contributed by atoms with E-state index in [-0.39, 0.29) is 10.7 Å². The van der Waals surface area contributed by atoms with Crippen LogP contribution in [-0.2, 0) is 14.8 Å². The highest BCUT2D eigenvalue weighted by Gasteiger charge is 2.42. The van der Waals surface area contributed by atoms with E-state index >= 15 is 0 Å². The van der Waals surface area contributed by atoms with E-state index in [4.69, 9.17) is 9.84 Å². The lowest BCUT2D eigenvalue weighted by atomic mass is 9.87. The third kappa shape index (κ3) is 6.63. The number of unbranched alkanes of at least 4 members (excludes halogenated alkanes) is 2. The number of carbonyl (C=O) groups is 1. The number of carboxylic acids is 1. The van der Waals surface area contributed by atoms with E-state index in [9.17, 15) is 13.2 Å². The van der Waals surface area contributed by atoms with Crippen molar-refractivity contribution in [1.82, 2.24) is 4.72 Å². The molecule has 196 valence electrons. The standard InChI is InChI=1S/C27H36N2O5S2/c1-5-7-14-27(15-8-6-2)19-29(21-12-10-9-11-13-21)22-17-24(35-4)23(34-20(3)16-26(30)31)18-25(22)36(32,33)28-27/h9-13,16-18,28H,5-8,14-15,19H2,1-4H3,(H,30,31)/b20-16+. The zero-order chi connectivity index (χ0) is 26.3. The Morgan fingerprint density at radius 3 is 2.36 bits per heavy atom. The van der Waals surface area contributed by atoms with Crippen molar-refractivity contribution in [3.05, 3.63) is 54.3 Å². The quantitative estimate of drug-likeness (QED) is 0.198. The highest BCUT2D eigenvalue weighted by atomic mass is 32.2. The Morgan fingerprint density at radius 1 is 1.17 bits per heavy atom. The number of sulfonamides is 1. The molecule has 0 amide bonds. The molecule has 2 N–H and O–H groups in total. The van der Waals surface area contributed by atoms with Gasteiger partial charge >= 0.3 is 5.97 Å². The zero-order valence-electron chi connectivity index (χ0n) is 21.4. The number of rotatable bonds is 11. The smallest absolute Gasteiger partial charge is 0.331 e. The summed E-state index contributed by atoms with van der Waals surface area (Å²) in [6, 6.07) is 13.2. The molecule has 2 aromatic rings. The summed E-state index contributed by atoms with van der Waals surface area (Å²) >= 11 is 1.42. The maximum atomic E-state index is 13.9. The number of allylic oxidation sites excluding steroid dienone is 1. The predicted octanol–water partition coefficient (Wildman–Crippen LogP) is 6.32. The summed E-state index contributed by atoms with van der Waals surface area (Å²) < 4.78 is 36.8. The molecular weight excluding hydrogens is 496 g/mol. The van der Waals surface area contributed by atoms with Gasteiger partial charge in [-0.3, -0.25) is 0 Å². The topological polar surface area (TPSA) is 95.9 Å². The van der Waals surface area contributed by atoms with Gasteiger partial charge in [-0.25, -0.2) is 17.9 Å². The first-order valence-corrected chi connectivity index (χ1v) is 15.0. The van der Waals surface area contributed by atoms with Gasteiger partial charge in [0, 0.05) is 18.3 Å². The van der Waals surface area contributed by atoms with Crippen LogP contribution in [-0.4, -0.2) is 37.8 Å². The fourth-order valence-corrected chi connectivity index (χ4v) is 6.77. The number of hydrogen-bond acceptors (Lipinski definition) is 6. The number of fused-ring (bicyclic) bond motifs is 1. The first-order valence-electron chi connectivity index (χ1n) is 12.3. The number of nitrogens with zero attached hydrogens (tertiary/aromatic N) is 1. The number of hydrogen-bond donors (Lipinski definition) is 2. The average molecular weight is 533 g/mol. The Morgan fingerprint density at radius 2 is 1.81 bits per heavy atom. The van der Waals surface area contributed by atoms with Crippen molar-refractivity contribution in [2.75, 3.05) is 17.7 Å². The minimum absolute atomic E-state index is 0.122. The second-order valence-electron chi connectivity index (χ2n) is 9.18. The lowest BCUT2D eigenvalue weighted by molar-refractivity contribution is -0.131. The van der Waals surface area contributed by atoms with Crippen molar-refractivity contribution >= 4 is 39.1 Å². The van der Waals surface area contributed by atoms with Gasteiger partial charge in [0.25, 0.3) is 0 Å². The maximum Gasteiger partial charge on any atom is 0.331 e. The third-order valence-corrected chi connectivity index (χ3v) is 8.69. The molecule has 1 aliphatic rings. The molecule has 0 unspecified atom stereocenters. The van der Waals surface area contributed by atoms with Crippen molar-refractivity contribution in [3.8, 4) is 5.75 Å². The molecule has 1 heterocycles. The van der Waals surface area contributed by atoms with Crippen LogP contribution in [0.25, 0.3) is 0 Å². The van der Waals surface area contributed by atoms with Gasteiger partial charge in [-0.2, -0.15) is 0 Å². The fourth-order valence-electron chi connectivity index (χ4n) is 4.59. The van der Waals surface area contributed by atoms with E-state index < -0.39 is 21.5 Å².